The van der Waals surface area contributed by atoms with E-state index in [-0.39, 0.29) is 0 Å². The summed E-state index contributed by atoms with van der Waals surface area (Å²) < 4.78 is 10.3. The number of methoxy groups -OCH3 is 1. The van der Waals surface area contributed by atoms with E-state index in [1.54, 1.807) is 7.11 Å². The second-order valence-corrected chi connectivity index (χ2v) is 3.75. The molecule has 14 heavy (non-hydrogen) atoms. The molecule has 0 heterocycles. The number of rotatable bonds is 7. The number of hydrogen-bond donors (Lipinski definition) is 2. The minimum atomic E-state index is -0.392. The van der Waals surface area contributed by atoms with Gasteiger partial charge in [-0.3, -0.25) is 0 Å². The first-order valence-corrected chi connectivity index (χ1v) is 5.28. The van der Waals surface area contributed by atoms with Crippen LogP contribution in [0.1, 0.15) is 19.8 Å². The molecule has 2 N–H and O–H groups in total. The summed E-state index contributed by atoms with van der Waals surface area (Å²) in [4.78, 5) is 0. The predicted molar refractivity (Wildman–Crippen MR) is 54.3 cm³/mol. The number of nitrogens with one attached hydrogen (secondary N) is 1. The highest BCUT2D eigenvalue weighted by atomic mass is 16.5. The van der Waals surface area contributed by atoms with E-state index in [2.05, 4.69) is 5.32 Å². The molecular weight excluding hydrogens is 182 g/mol. The Kier molecular flexibility index (Phi) is 5.40. The Labute approximate surface area is 85.6 Å². The van der Waals surface area contributed by atoms with Gasteiger partial charge in [-0.15, -0.1) is 0 Å². The van der Waals surface area contributed by atoms with Crippen LogP contribution in [-0.4, -0.2) is 50.2 Å². The average Bonchev–Trinajstić information content (AvgIpc) is 2.12. The molecule has 1 rings (SSSR count). The second kappa shape index (κ2) is 6.35. The molecule has 1 aliphatic carbocycles. The summed E-state index contributed by atoms with van der Waals surface area (Å²) in [7, 11) is 1.74. The summed E-state index contributed by atoms with van der Waals surface area (Å²) in [5.74, 6) is 0. The fourth-order valence-electron chi connectivity index (χ4n) is 1.54. The molecule has 0 aromatic rings. The normalized spacial score (nSPS) is 28.5. The number of aliphatic hydroxyl groups excluding tert-OH is 1. The Morgan fingerprint density at radius 2 is 2.21 bits per heavy atom. The van der Waals surface area contributed by atoms with Crippen molar-refractivity contribution in [1.82, 2.24) is 5.32 Å². The second-order valence-electron chi connectivity index (χ2n) is 3.75. The molecule has 1 saturated carbocycles. The summed E-state index contributed by atoms with van der Waals surface area (Å²) in [5.41, 5.74) is 0. The summed E-state index contributed by atoms with van der Waals surface area (Å²) in [6.45, 7) is 3.62. The Morgan fingerprint density at radius 3 is 2.79 bits per heavy atom. The van der Waals surface area contributed by atoms with E-state index in [0.29, 0.717) is 31.9 Å². The van der Waals surface area contributed by atoms with Crippen molar-refractivity contribution in [3.63, 3.8) is 0 Å². The lowest BCUT2D eigenvalue weighted by Gasteiger charge is -2.35. The zero-order valence-electron chi connectivity index (χ0n) is 9.03. The van der Waals surface area contributed by atoms with Gasteiger partial charge in [0, 0.05) is 26.3 Å². The first-order valence-electron chi connectivity index (χ1n) is 5.28. The van der Waals surface area contributed by atoms with Crippen molar-refractivity contribution in [3.8, 4) is 0 Å². The third-order valence-electron chi connectivity index (χ3n) is 2.58. The van der Waals surface area contributed by atoms with Crippen molar-refractivity contribution < 1.29 is 14.6 Å². The highest BCUT2D eigenvalue weighted by molar-refractivity contribution is 4.86. The Balaban J connectivity index is 1.93. The predicted octanol–water partition coefficient (Wildman–Crippen LogP) is 0.151. The molecule has 0 radical (unpaired) electrons. The number of aliphatic hydroxyl groups is 1. The van der Waals surface area contributed by atoms with Crippen LogP contribution in [0.4, 0.5) is 0 Å². The van der Waals surface area contributed by atoms with Crippen molar-refractivity contribution in [2.75, 3.05) is 26.9 Å². The van der Waals surface area contributed by atoms with Gasteiger partial charge in [0.1, 0.15) is 0 Å². The minimum Gasteiger partial charge on any atom is -0.389 e. The maximum Gasteiger partial charge on any atom is 0.0897 e. The fourth-order valence-corrected chi connectivity index (χ4v) is 1.54. The molecule has 0 aromatic carbocycles. The van der Waals surface area contributed by atoms with Gasteiger partial charge in [0.25, 0.3) is 0 Å². The summed E-state index contributed by atoms with van der Waals surface area (Å²) in [6.07, 6.45) is 2.13. The van der Waals surface area contributed by atoms with Crippen molar-refractivity contribution in [2.24, 2.45) is 0 Å². The zero-order chi connectivity index (χ0) is 10.4. The van der Waals surface area contributed by atoms with Gasteiger partial charge in [-0.05, 0) is 19.8 Å². The molecule has 1 aliphatic rings. The van der Waals surface area contributed by atoms with Crippen LogP contribution in [0.2, 0.25) is 0 Å². The van der Waals surface area contributed by atoms with Crippen LogP contribution in [0.15, 0.2) is 0 Å². The lowest BCUT2D eigenvalue weighted by molar-refractivity contribution is 0.00560. The maximum atomic E-state index is 9.45. The van der Waals surface area contributed by atoms with Crippen LogP contribution >= 0.6 is 0 Å². The van der Waals surface area contributed by atoms with Gasteiger partial charge in [0.15, 0.2) is 0 Å². The van der Waals surface area contributed by atoms with Gasteiger partial charge in [-0.25, -0.2) is 0 Å². The minimum absolute atomic E-state index is 0.392. The molecule has 0 spiro atoms. The monoisotopic (exact) mass is 203 g/mol. The highest BCUT2D eigenvalue weighted by Crippen LogP contribution is 2.22. The van der Waals surface area contributed by atoms with Gasteiger partial charge < -0.3 is 19.9 Å². The van der Waals surface area contributed by atoms with Gasteiger partial charge in [-0.2, -0.15) is 0 Å². The average molecular weight is 203 g/mol. The van der Waals surface area contributed by atoms with Crippen LogP contribution in [0, 0.1) is 0 Å². The van der Waals surface area contributed by atoms with E-state index in [1.165, 1.54) is 0 Å². The van der Waals surface area contributed by atoms with Crippen molar-refractivity contribution in [1.29, 1.82) is 0 Å². The van der Waals surface area contributed by atoms with E-state index in [1.807, 2.05) is 6.92 Å². The third-order valence-corrected chi connectivity index (χ3v) is 2.58. The first kappa shape index (κ1) is 11.9. The SMILES string of the molecule is CCOCC(O)CNC1CC(OC)C1. The number of ether oxygens (including phenoxy) is 2. The fraction of sp³-hybridized carbons (Fsp3) is 1.00. The molecule has 0 aromatic heterocycles. The smallest absolute Gasteiger partial charge is 0.0897 e. The van der Waals surface area contributed by atoms with E-state index in [0.717, 1.165) is 12.8 Å². The molecule has 1 atom stereocenters. The molecule has 84 valence electrons. The van der Waals surface area contributed by atoms with Gasteiger partial charge in [0.2, 0.25) is 0 Å². The summed E-state index contributed by atoms with van der Waals surface area (Å²) in [6, 6.07) is 0.510. The van der Waals surface area contributed by atoms with Gasteiger partial charge in [0.05, 0.1) is 18.8 Å². The lowest BCUT2D eigenvalue weighted by Crippen LogP contribution is -2.47. The molecule has 0 amide bonds. The van der Waals surface area contributed by atoms with Crippen LogP contribution in [0.25, 0.3) is 0 Å². The quantitative estimate of drug-likeness (QED) is 0.618. The molecular formula is C10H21NO3. The Hall–Kier alpha value is -0.160. The Bertz CT molecular complexity index is 144. The Morgan fingerprint density at radius 1 is 1.50 bits per heavy atom. The van der Waals surface area contributed by atoms with Crippen molar-refractivity contribution >= 4 is 0 Å². The number of hydrogen-bond acceptors (Lipinski definition) is 4. The van der Waals surface area contributed by atoms with E-state index in [4.69, 9.17) is 9.47 Å². The largest absolute Gasteiger partial charge is 0.389 e. The van der Waals surface area contributed by atoms with Crippen molar-refractivity contribution in [3.05, 3.63) is 0 Å². The maximum absolute atomic E-state index is 9.45. The van der Waals surface area contributed by atoms with Crippen molar-refractivity contribution in [2.45, 2.75) is 38.0 Å². The van der Waals surface area contributed by atoms with Crippen LogP contribution < -0.4 is 5.32 Å². The zero-order valence-corrected chi connectivity index (χ0v) is 9.03. The highest BCUT2D eigenvalue weighted by Gasteiger charge is 2.28. The van der Waals surface area contributed by atoms with Crippen LogP contribution in [0.3, 0.4) is 0 Å². The molecule has 0 bridgehead atoms. The van der Waals surface area contributed by atoms with Gasteiger partial charge in [-0.1, -0.05) is 0 Å². The standard InChI is InChI=1S/C10H21NO3/c1-3-14-7-9(12)6-11-8-4-10(5-8)13-2/h8-12H,3-7H2,1-2H3. The molecule has 0 saturated heterocycles. The molecule has 4 heteroatoms. The van der Waals surface area contributed by atoms with E-state index < -0.39 is 6.10 Å². The summed E-state index contributed by atoms with van der Waals surface area (Å²) in [5, 5.41) is 12.7. The van der Waals surface area contributed by atoms with E-state index >= 15 is 0 Å². The molecule has 4 nitrogen and oxygen atoms in total. The topological polar surface area (TPSA) is 50.7 Å². The van der Waals surface area contributed by atoms with Gasteiger partial charge >= 0.3 is 0 Å². The molecule has 1 unspecified atom stereocenters. The molecule has 0 aliphatic heterocycles. The first-order chi connectivity index (χ1) is 6.76. The summed E-state index contributed by atoms with van der Waals surface area (Å²) >= 11 is 0. The van der Waals surface area contributed by atoms with Crippen LogP contribution in [0.5, 0.6) is 0 Å². The molecule has 1 fully saturated rings. The van der Waals surface area contributed by atoms with E-state index in [9.17, 15) is 5.11 Å². The third kappa shape index (κ3) is 3.92. The van der Waals surface area contributed by atoms with Crippen LogP contribution in [-0.2, 0) is 9.47 Å². The lowest BCUT2D eigenvalue weighted by atomic mass is 9.89.